The monoisotopic (exact) mass is 433 g/mol. The first-order valence-electron chi connectivity index (χ1n) is 8.46. The van der Waals surface area contributed by atoms with Gasteiger partial charge in [0.2, 0.25) is 0 Å². The molecule has 0 fully saturated rings. The van der Waals surface area contributed by atoms with Gasteiger partial charge in [-0.25, -0.2) is 5.43 Å². The molecule has 1 amide bonds. The van der Waals surface area contributed by atoms with Crippen molar-refractivity contribution in [1.82, 2.24) is 5.43 Å². The number of halogens is 1. The number of nitrogens with zero attached hydrogens (tertiary/aromatic N) is 2. The number of hydrogen-bond donors (Lipinski definition) is 1. The van der Waals surface area contributed by atoms with Gasteiger partial charge in [0.15, 0.2) is 0 Å². The predicted molar refractivity (Wildman–Crippen MR) is 111 cm³/mol. The Bertz CT molecular complexity index is 1040. The first-order chi connectivity index (χ1) is 13.7. The lowest BCUT2D eigenvalue weighted by Gasteiger charge is -2.07. The third-order valence-corrected chi connectivity index (χ3v) is 4.60. The summed E-state index contributed by atoms with van der Waals surface area (Å²) in [6, 6.07) is 23.9. The molecule has 0 aliphatic heterocycles. The Balaban J connectivity index is 1.56. The van der Waals surface area contributed by atoms with E-state index in [2.05, 4.69) is 32.5 Å². The van der Waals surface area contributed by atoms with Crippen LogP contribution in [-0.2, 0) is 6.61 Å². The number of nitriles is 1. The van der Waals surface area contributed by atoms with Gasteiger partial charge in [-0.05, 0) is 64.0 Å². The minimum Gasteiger partial charge on any atom is -0.489 e. The number of ether oxygens (including phenoxy) is 1. The molecule has 6 heteroatoms. The molecule has 0 spiro atoms. The third kappa shape index (κ3) is 5.06. The fourth-order valence-corrected chi connectivity index (χ4v) is 2.90. The van der Waals surface area contributed by atoms with Gasteiger partial charge < -0.3 is 4.74 Å². The number of carbonyl (C=O) groups is 1. The van der Waals surface area contributed by atoms with Gasteiger partial charge in [-0.15, -0.1) is 0 Å². The molecule has 5 nitrogen and oxygen atoms in total. The zero-order chi connectivity index (χ0) is 19.8. The number of hydrazone groups is 1. The van der Waals surface area contributed by atoms with Crippen molar-refractivity contribution in [3.8, 4) is 11.8 Å². The molecule has 0 aliphatic carbocycles. The Morgan fingerprint density at radius 3 is 2.54 bits per heavy atom. The zero-order valence-corrected chi connectivity index (χ0v) is 16.4. The van der Waals surface area contributed by atoms with Crippen molar-refractivity contribution < 1.29 is 9.53 Å². The SMILES string of the molecule is N#Cc1ccccc1COc1ccc(/C=N\NC(=O)c2ccccc2Br)cc1. The first-order valence-corrected chi connectivity index (χ1v) is 9.25. The fourth-order valence-electron chi connectivity index (χ4n) is 2.44. The van der Waals surface area contributed by atoms with Crippen molar-refractivity contribution in [3.05, 3.63) is 99.5 Å². The quantitative estimate of drug-likeness (QED) is 0.453. The topological polar surface area (TPSA) is 74.5 Å². The average molecular weight is 434 g/mol. The highest BCUT2D eigenvalue weighted by Crippen LogP contribution is 2.16. The van der Waals surface area contributed by atoms with Crippen molar-refractivity contribution in [2.24, 2.45) is 5.10 Å². The maximum Gasteiger partial charge on any atom is 0.272 e. The van der Waals surface area contributed by atoms with Crippen molar-refractivity contribution in [2.75, 3.05) is 0 Å². The van der Waals surface area contributed by atoms with Crippen LogP contribution in [0.4, 0.5) is 0 Å². The molecule has 0 atom stereocenters. The van der Waals surface area contributed by atoms with E-state index in [0.717, 1.165) is 11.1 Å². The molecule has 0 unspecified atom stereocenters. The maximum absolute atomic E-state index is 12.1. The molecular formula is C22H16BrN3O2. The molecule has 3 aromatic carbocycles. The second-order valence-corrected chi connectivity index (χ2v) is 6.66. The average Bonchev–Trinajstić information content (AvgIpc) is 2.73. The maximum atomic E-state index is 12.1. The summed E-state index contributed by atoms with van der Waals surface area (Å²) in [5.74, 6) is 0.391. The van der Waals surface area contributed by atoms with Crippen LogP contribution in [0.5, 0.6) is 5.75 Å². The largest absolute Gasteiger partial charge is 0.489 e. The van der Waals surface area contributed by atoms with Gasteiger partial charge in [0.1, 0.15) is 12.4 Å². The van der Waals surface area contributed by atoms with Crippen molar-refractivity contribution in [3.63, 3.8) is 0 Å². The lowest BCUT2D eigenvalue weighted by atomic mass is 10.1. The molecule has 1 N–H and O–H groups in total. The summed E-state index contributed by atoms with van der Waals surface area (Å²) in [4.78, 5) is 12.1. The summed E-state index contributed by atoms with van der Waals surface area (Å²) in [5, 5.41) is 13.1. The second kappa shape index (κ2) is 9.49. The molecule has 0 heterocycles. The Hall–Kier alpha value is -3.43. The van der Waals surface area contributed by atoms with Crippen LogP contribution in [-0.4, -0.2) is 12.1 Å². The van der Waals surface area contributed by atoms with Crippen LogP contribution in [0, 0.1) is 11.3 Å². The minimum absolute atomic E-state index is 0.292. The van der Waals surface area contributed by atoms with Gasteiger partial charge >= 0.3 is 0 Å². The molecule has 0 bridgehead atoms. The van der Waals surface area contributed by atoms with E-state index in [1.54, 1.807) is 30.5 Å². The lowest BCUT2D eigenvalue weighted by Crippen LogP contribution is -2.18. The second-order valence-electron chi connectivity index (χ2n) is 5.81. The molecule has 3 rings (SSSR count). The molecule has 0 saturated carbocycles. The van der Waals surface area contributed by atoms with Crippen LogP contribution in [0.2, 0.25) is 0 Å². The van der Waals surface area contributed by atoms with Gasteiger partial charge in [0.25, 0.3) is 5.91 Å². The number of hydrogen-bond acceptors (Lipinski definition) is 4. The van der Waals surface area contributed by atoms with Gasteiger partial charge in [-0.1, -0.05) is 30.3 Å². The van der Waals surface area contributed by atoms with E-state index in [4.69, 9.17) is 10.00 Å². The number of nitrogens with one attached hydrogen (secondary N) is 1. The summed E-state index contributed by atoms with van der Waals surface area (Å²) < 4.78 is 6.44. The lowest BCUT2D eigenvalue weighted by molar-refractivity contribution is 0.0954. The van der Waals surface area contributed by atoms with Crippen LogP contribution in [0.25, 0.3) is 0 Å². The molecular weight excluding hydrogens is 418 g/mol. The number of amides is 1. The molecule has 3 aromatic rings. The van der Waals surface area contributed by atoms with Gasteiger partial charge in [-0.3, -0.25) is 4.79 Å². The molecule has 0 aliphatic rings. The van der Waals surface area contributed by atoms with E-state index in [1.807, 2.05) is 48.5 Å². The molecule has 138 valence electrons. The number of carbonyl (C=O) groups excluding carboxylic acids is 1. The summed E-state index contributed by atoms with van der Waals surface area (Å²) >= 11 is 3.34. The third-order valence-electron chi connectivity index (χ3n) is 3.91. The van der Waals surface area contributed by atoms with Gasteiger partial charge in [0.05, 0.1) is 23.4 Å². The van der Waals surface area contributed by atoms with Crippen LogP contribution in [0.15, 0.2) is 82.4 Å². The van der Waals surface area contributed by atoms with E-state index in [-0.39, 0.29) is 5.91 Å². The summed E-state index contributed by atoms with van der Waals surface area (Å²) in [6.45, 7) is 0.319. The molecule has 28 heavy (non-hydrogen) atoms. The van der Waals surface area contributed by atoms with E-state index in [1.165, 1.54) is 0 Å². The van der Waals surface area contributed by atoms with Crippen LogP contribution < -0.4 is 10.2 Å². The zero-order valence-electron chi connectivity index (χ0n) is 14.8. The van der Waals surface area contributed by atoms with Gasteiger partial charge in [0, 0.05) is 10.0 Å². The summed E-state index contributed by atoms with van der Waals surface area (Å²) in [7, 11) is 0. The Morgan fingerprint density at radius 1 is 1.07 bits per heavy atom. The summed E-state index contributed by atoms with van der Waals surface area (Å²) in [5.41, 5.74) is 5.27. The Labute approximate surface area is 171 Å². The summed E-state index contributed by atoms with van der Waals surface area (Å²) in [6.07, 6.45) is 1.56. The predicted octanol–water partition coefficient (Wildman–Crippen LogP) is 4.66. The van der Waals surface area contributed by atoms with Crippen LogP contribution >= 0.6 is 15.9 Å². The molecule has 0 radical (unpaired) electrons. The number of rotatable bonds is 6. The van der Waals surface area contributed by atoms with E-state index < -0.39 is 0 Å². The Kier molecular flexibility index (Phi) is 6.55. The number of benzene rings is 3. The van der Waals surface area contributed by atoms with E-state index >= 15 is 0 Å². The Morgan fingerprint density at radius 2 is 1.79 bits per heavy atom. The minimum atomic E-state index is -0.292. The highest BCUT2D eigenvalue weighted by molar-refractivity contribution is 9.10. The van der Waals surface area contributed by atoms with Crippen molar-refractivity contribution in [1.29, 1.82) is 5.26 Å². The van der Waals surface area contributed by atoms with Crippen LogP contribution in [0.3, 0.4) is 0 Å². The standard InChI is InChI=1S/C22H16BrN3O2/c23-21-8-4-3-7-20(21)22(27)26-25-14-16-9-11-19(12-10-16)28-15-18-6-2-1-5-17(18)13-24/h1-12,14H,15H2,(H,26,27)/b25-14-. The smallest absolute Gasteiger partial charge is 0.272 e. The van der Waals surface area contributed by atoms with E-state index in [0.29, 0.717) is 28.0 Å². The highest BCUT2D eigenvalue weighted by atomic mass is 79.9. The molecule has 0 aromatic heterocycles. The highest BCUT2D eigenvalue weighted by Gasteiger charge is 2.07. The normalized spacial score (nSPS) is 10.4. The van der Waals surface area contributed by atoms with Gasteiger partial charge in [-0.2, -0.15) is 10.4 Å². The molecule has 0 saturated heterocycles. The van der Waals surface area contributed by atoms with E-state index in [9.17, 15) is 4.79 Å². The van der Waals surface area contributed by atoms with Crippen molar-refractivity contribution in [2.45, 2.75) is 6.61 Å². The van der Waals surface area contributed by atoms with Crippen molar-refractivity contribution >= 4 is 28.1 Å². The first kappa shape index (κ1) is 19.3. The fraction of sp³-hybridized carbons (Fsp3) is 0.0455. The van der Waals surface area contributed by atoms with Crippen LogP contribution in [0.1, 0.15) is 27.0 Å².